The van der Waals surface area contributed by atoms with E-state index >= 15 is 0 Å². The van der Waals surface area contributed by atoms with Gasteiger partial charge < -0.3 is 10.5 Å². The van der Waals surface area contributed by atoms with Crippen molar-refractivity contribution in [2.45, 2.75) is 33.2 Å². The summed E-state index contributed by atoms with van der Waals surface area (Å²) in [5, 5.41) is 0.585. The minimum atomic E-state index is 0.402. The maximum absolute atomic E-state index is 6.23. The van der Waals surface area contributed by atoms with Crippen LogP contribution in [0.25, 0.3) is 0 Å². The molecule has 2 nitrogen and oxygen atoms in total. The fourth-order valence-corrected chi connectivity index (χ4v) is 2.26. The molecule has 0 saturated heterocycles. The van der Waals surface area contributed by atoms with Gasteiger partial charge in [-0.1, -0.05) is 49.7 Å². The molecule has 0 unspecified atom stereocenters. The Bertz CT molecular complexity index is 608. The van der Waals surface area contributed by atoms with Crippen LogP contribution in [0.2, 0.25) is 5.02 Å². The lowest BCUT2D eigenvalue weighted by Crippen LogP contribution is -2.01. The zero-order valence-electron chi connectivity index (χ0n) is 12.1. The third-order valence-corrected chi connectivity index (χ3v) is 3.66. The van der Waals surface area contributed by atoms with Gasteiger partial charge in [0, 0.05) is 12.1 Å². The third kappa shape index (κ3) is 3.14. The van der Waals surface area contributed by atoms with Crippen LogP contribution in [0, 0.1) is 6.92 Å². The quantitative estimate of drug-likeness (QED) is 0.857. The van der Waals surface area contributed by atoms with Crippen LogP contribution in [-0.2, 0) is 6.54 Å². The van der Waals surface area contributed by atoms with Crippen molar-refractivity contribution < 1.29 is 4.74 Å². The SMILES string of the molecule is Cc1ccc(C(C)C)cc1Oc1c(Cl)cccc1CN. The number of ether oxygens (including phenoxy) is 1. The number of aryl methyl sites for hydroxylation is 1. The van der Waals surface area contributed by atoms with Gasteiger partial charge in [0.1, 0.15) is 11.5 Å². The molecule has 0 aromatic heterocycles. The molecule has 0 saturated carbocycles. The molecular formula is C17H20ClNO. The Balaban J connectivity index is 2.42. The van der Waals surface area contributed by atoms with Gasteiger partial charge in [0.15, 0.2) is 0 Å². The highest BCUT2D eigenvalue weighted by Crippen LogP contribution is 2.35. The lowest BCUT2D eigenvalue weighted by molar-refractivity contribution is 0.472. The fourth-order valence-electron chi connectivity index (χ4n) is 2.02. The van der Waals surface area contributed by atoms with E-state index in [9.17, 15) is 0 Å². The second-order valence-electron chi connectivity index (χ2n) is 5.21. The topological polar surface area (TPSA) is 35.2 Å². The summed E-state index contributed by atoms with van der Waals surface area (Å²) in [6.07, 6.45) is 0. The predicted octanol–water partition coefficient (Wildman–Crippen LogP) is 5.02. The van der Waals surface area contributed by atoms with Crippen molar-refractivity contribution in [3.63, 3.8) is 0 Å². The van der Waals surface area contributed by atoms with Crippen LogP contribution in [0.5, 0.6) is 11.5 Å². The van der Waals surface area contributed by atoms with Crippen molar-refractivity contribution in [3.05, 3.63) is 58.1 Å². The van der Waals surface area contributed by atoms with Crippen LogP contribution in [-0.4, -0.2) is 0 Å². The summed E-state index contributed by atoms with van der Waals surface area (Å²) in [5.74, 6) is 1.94. The molecule has 106 valence electrons. The van der Waals surface area contributed by atoms with Gasteiger partial charge in [0.05, 0.1) is 5.02 Å². The molecular weight excluding hydrogens is 270 g/mol. The van der Waals surface area contributed by atoms with Gasteiger partial charge >= 0.3 is 0 Å². The van der Waals surface area contributed by atoms with Crippen LogP contribution in [0.4, 0.5) is 0 Å². The molecule has 2 aromatic rings. The van der Waals surface area contributed by atoms with Gasteiger partial charge in [0.25, 0.3) is 0 Å². The summed E-state index contributed by atoms with van der Waals surface area (Å²) < 4.78 is 6.04. The smallest absolute Gasteiger partial charge is 0.150 e. The van der Waals surface area contributed by atoms with Crippen molar-refractivity contribution in [1.29, 1.82) is 0 Å². The van der Waals surface area contributed by atoms with E-state index in [1.54, 1.807) is 0 Å². The normalized spacial score (nSPS) is 10.9. The second kappa shape index (κ2) is 6.29. The van der Waals surface area contributed by atoms with Crippen LogP contribution < -0.4 is 10.5 Å². The first-order chi connectivity index (χ1) is 9.52. The van der Waals surface area contributed by atoms with Gasteiger partial charge in [-0.05, 0) is 36.1 Å². The van der Waals surface area contributed by atoms with E-state index < -0.39 is 0 Å². The van der Waals surface area contributed by atoms with Crippen LogP contribution in [0.1, 0.15) is 36.5 Å². The molecule has 2 N–H and O–H groups in total. The summed E-state index contributed by atoms with van der Waals surface area (Å²) in [6.45, 7) is 6.75. The summed E-state index contributed by atoms with van der Waals surface area (Å²) in [7, 11) is 0. The summed E-state index contributed by atoms with van der Waals surface area (Å²) in [4.78, 5) is 0. The molecule has 0 spiro atoms. The number of hydrogen-bond donors (Lipinski definition) is 1. The monoisotopic (exact) mass is 289 g/mol. The molecule has 0 fully saturated rings. The molecule has 2 rings (SSSR count). The molecule has 2 aromatic carbocycles. The second-order valence-corrected chi connectivity index (χ2v) is 5.62. The van der Waals surface area contributed by atoms with Crippen molar-refractivity contribution >= 4 is 11.6 Å². The Morgan fingerprint density at radius 3 is 2.60 bits per heavy atom. The Morgan fingerprint density at radius 1 is 1.20 bits per heavy atom. The van der Waals surface area contributed by atoms with E-state index in [0.717, 1.165) is 16.9 Å². The van der Waals surface area contributed by atoms with Crippen molar-refractivity contribution in [2.75, 3.05) is 0 Å². The minimum Gasteiger partial charge on any atom is -0.455 e. The van der Waals surface area contributed by atoms with Crippen LogP contribution in [0.3, 0.4) is 0 Å². The van der Waals surface area contributed by atoms with E-state index in [1.807, 2.05) is 25.1 Å². The highest BCUT2D eigenvalue weighted by Gasteiger charge is 2.11. The molecule has 0 aliphatic carbocycles. The molecule has 0 atom stereocenters. The molecule has 3 heteroatoms. The maximum Gasteiger partial charge on any atom is 0.150 e. The van der Waals surface area contributed by atoms with Gasteiger partial charge in [-0.2, -0.15) is 0 Å². The molecule has 0 amide bonds. The molecule has 0 radical (unpaired) electrons. The highest BCUT2D eigenvalue weighted by molar-refractivity contribution is 6.32. The summed E-state index contributed by atoms with van der Waals surface area (Å²) in [5.41, 5.74) is 8.98. The average Bonchev–Trinajstić information content (AvgIpc) is 2.42. The Kier molecular flexibility index (Phi) is 4.69. The largest absolute Gasteiger partial charge is 0.455 e. The zero-order valence-corrected chi connectivity index (χ0v) is 12.9. The molecule has 0 aliphatic heterocycles. The molecule has 0 heterocycles. The standard InChI is InChI=1S/C17H20ClNO/c1-11(2)13-8-7-12(3)16(9-13)20-17-14(10-19)5-4-6-15(17)18/h4-9,11H,10,19H2,1-3H3. The Hall–Kier alpha value is -1.51. The first-order valence-corrected chi connectivity index (χ1v) is 7.16. The van der Waals surface area contributed by atoms with Gasteiger partial charge in [0.2, 0.25) is 0 Å². The average molecular weight is 290 g/mol. The predicted molar refractivity (Wildman–Crippen MR) is 84.7 cm³/mol. The summed E-state index contributed by atoms with van der Waals surface area (Å²) >= 11 is 6.23. The van der Waals surface area contributed by atoms with Crippen LogP contribution >= 0.6 is 11.6 Å². The highest BCUT2D eigenvalue weighted by atomic mass is 35.5. The van der Waals surface area contributed by atoms with E-state index in [2.05, 4.69) is 32.0 Å². The van der Waals surface area contributed by atoms with Crippen molar-refractivity contribution in [1.82, 2.24) is 0 Å². The number of para-hydroxylation sites is 1. The number of nitrogens with two attached hydrogens (primary N) is 1. The van der Waals surface area contributed by atoms with Gasteiger partial charge in [-0.3, -0.25) is 0 Å². The first-order valence-electron chi connectivity index (χ1n) is 6.78. The zero-order chi connectivity index (χ0) is 14.7. The van der Waals surface area contributed by atoms with E-state index in [-0.39, 0.29) is 0 Å². The lowest BCUT2D eigenvalue weighted by Gasteiger charge is -2.15. The van der Waals surface area contributed by atoms with Crippen LogP contribution in [0.15, 0.2) is 36.4 Å². The van der Waals surface area contributed by atoms with Crippen molar-refractivity contribution in [2.24, 2.45) is 5.73 Å². The van der Waals surface area contributed by atoms with E-state index in [0.29, 0.717) is 23.2 Å². The number of hydrogen-bond acceptors (Lipinski definition) is 2. The van der Waals surface area contributed by atoms with Crippen molar-refractivity contribution in [3.8, 4) is 11.5 Å². The number of rotatable bonds is 4. The minimum absolute atomic E-state index is 0.402. The van der Waals surface area contributed by atoms with Gasteiger partial charge in [-0.25, -0.2) is 0 Å². The fraction of sp³-hybridized carbons (Fsp3) is 0.294. The molecule has 0 aliphatic rings. The first kappa shape index (κ1) is 14.9. The third-order valence-electron chi connectivity index (χ3n) is 3.36. The van der Waals surface area contributed by atoms with E-state index in [1.165, 1.54) is 5.56 Å². The van der Waals surface area contributed by atoms with E-state index in [4.69, 9.17) is 22.1 Å². The maximum atomic E-state index is 6.23. The number of benzene rings is 2. The Morgan fingerprint density at radius 2 is 1.95 bits per heavy atom. The lowest BCUT2D eigenvalue weighted by atomic mass is 10.0. The van der Waals surface area contributed by atoms with Gasteiger partial charge in [-0.15, -0.1) is 0 Å². The molecule has 0 bridgehead atoms. The molecule has 20 heavy (non-hydrogen) atoms. The number of halogens is 1. The summed E-state index contributed by atoms with van der Waals surface area (Å²) in [6, 6.07) is 11.9. The Labute approximate surface area is 125 Å².